The number of rotatable bonds is 4. The van der Waals surface area contributed by atoms with Crippen LogP contribution in [0.25, 0.3) is 10.9 Å². The Morgan fingerprint density at radius 3 is 2.68 bits per heavy atom. The predicted molar refractivity (Wildman–Crippen MR) is 104 cm³/mol. The van der Waals surface area contributed by atoms with Crippen molar-refractivity contribution in [3.8, 4) is 0 Å². The maximum absolute atomic E-state index is 12.7. The van der Waals surface area contributed by atoms with Gasteiger partial charge in [0.25, 0.3) is 0 Å². The highest BCUT2D eigenvalue weighted by Crippen LogP contribution is 2.42. The number of aliphatic carboxylic acids is 1. The lowest BCUT2D eigenvalue weighted by Gasteiger charge is -2.45. The number of hydrogen-bond donors (Lipinski definition) is 2. The van der Waals surface area contributed by atoms with Crippen LogP contribution in [0.1, 0.15) is 31.2 Å². The number of nitrogens with one attached hydrogen (secondary N) is 1. The van der Waals surface area contributed by atoms with Gasteiger partial charge in [-0.1, -0.05) is 18.2 Å². The highest BCUT2D eigenvalue weighted by atomic mass is 16.4. The third-order valence-corrected chi connectivity index (χ3v) is 6.63. The number of carboxylic acid groups (broad SMARTS) is 1. The Balaban J connectivity index is 1.39. The van der Waals surface area contributed by atoms with E-state index in [1.54, 1.807) is 11.9 Å². The largest absolute Gasteiger partial charge is 0.481 e. The van der Waals surface area contributed by atoms with Crippen molar-refractivity contribution in [3.63, 3.8) is 0 Å². The molecule has 2 fully saturated rings. The third kappa shape index (κ3) is 2.95. The number of H-pyrrole nitrogens is 1. The molecule has 7 heteroatoms. The number of aryl methyl sites for hydroxylation is 1. The van der Waals surface area contributed by atoms with E-state index in [-0.39, 0.29) is 18.2 Å². The summed E-state index contributed by atoms with van der Waals surface area (Å²) in [5.74, 6) is -1.64. The molecule has 1 spiro atoms. The number of nitrogens with zero attached hydrogens (tertiary/aromatic N) is 2. The number of piperidine rings is 1. The van der Waals surface area contributed by atoms with Gasteiger partial charge in [-0.2, -0.15) is 0 Å². The Morgan fingerprint density at radius 1 is 1.25 bits per heavy atom. The lowest BCUT2D eigenvalue weighted by Crippen LogP contribution is -2.56. The number of likely N-dealkylation sites (tertiary alicyclic amines) is 2. The van der Waals surface area contributed by atoms with Crippen molar-refractivity contribution in [1.29, 1.82) is 0 Å². The number of carboxylic acids is 1. The van der Waals surface area contributed by atoms with Gasteiger partial charge in [0.05, 0.1) is 11.5 Å². The van der Waals surface area contributed by atoms with Crippen molar-refractivity contribution < 1.29 is 19.5 Å². The number of aromatic nitrogens is 1. The number of fused-ring (bicyclic) bond motifs is 1. The fraction of sp³-hybridized carbons (Fsp3) is 0.476. The van der Waals surface area contributed by atoms with Crippen molar-refractivity contribution >= 4 is 28.7 Å². The van der Waals surface area contributed by atoms with Gasteiger partial charge in [0.2, 0.25) is 11.8 Å². The topological polar surface area (TPSA) is 93.7 Å². The Bertz CT molecular complexity index is 927. The lowest BCUT2D eigenvalue weighted by atomic mass is 9.77. The number of carbonyl (C=O) groups excluding carboxylic acids is 2. The molecule has 1 atom stereocenters. The molecule has 2 aliphatic rings. The van der Waals surface area contributed by atoms with E-state index in [1.807, 2.05) is 29.3 Å². The van der Waals surface area contributed by atoms with Crippen LogP contribution in [0.4, 0.5) is 0 Å². The van der Waals surface area contributed by atoms with Crippen LogP contribution in [0.5, 0.6) is 0 Å². The molecule has 2 saturated heterocycles. The van der Waals surface area contributed by atoms with Gasteiger partial charge in [-0.05, 0) is 30.9 Å². The molecular formula is C21H25N3O4. The molecule has 1 aromatic carbocycles. The molecule has 2 amide bonds. The van der Waals surface area contributed by atoms with Gasteiger partial charge in [0, 0.05) is 50.1 Å². The molecule has 2 aliphatic heterocycles. The maximum atomic E-state index is 12.7. The van der Waals surface area contributed by atoms with Crippen LogP contribution >= 0.6 is 0 Å². The summed E-state index contributed by atoms with van der Waals surface area (Å²) < 4.78 is 0. The lowest BCUT2D eigenvalue weighted by molar-refractivity contribution is -0.147. The zero-order valence-corrected chi connectivity index (χ0v) is 16.0. The summed E-state index contributed by atoms with van der Waals surface area (Å²) in [6, 6.07) is 8.04. The zero-order valence-electron chi connectivity index (χ0n) is 16.0. The van der Waals surface area contributed by atoms with E-state index in [1.165, 1.54) is 0 Å². The molecule has 0 aliphatic carbocycles. The molecule has 1 unspecified atom stereocenters. The van der Waals surface area contributed by atoms with Gasteiger partial charge in [0.15, 0.2) is 0 Å². The van der Waals surface area contributed by atoms with E-state index in [2.05, 4.69) is 11.1 Å². The van der Waals surface area contributed by atoms with Gasteiger partial charge >= 0.3 is 5.97 Å². The Kier molecular flexibility index (Phi) is 4.61. The second-order valence-corrected chi connectivity index (χ2v) is 7.89. The average molecular weight is 383 g/mol. The summed E-state index contributed by atoms with van der Waals surface area (Å²) in [4.78, 5) is 43.1. The number of aromatic amines is 1. The Labute approximate surface area is 163 Å². The summed E-state index contributed by atoms with van der Waals surface area (Å²) >= 11 is 0. The monoisotopic (exact) mass is 383 g/mol. The van der Waals surface area contributed by atoms with E-state index in [0.717, 1.165) is 16.5 Å². The van der Waals surface area contributed by atoms with Crippen LogP contribution in [-0.2, 0) is 20.8 Å². The molecule has 28 heavy (non-hydrogen) atoms. The van der Waals surface area contributed by atoms with Gasteiger partial charge < -0.3 is 19.9 Å². The first kappa shape index (κ1) is 18.5. The van der Waals surface area contributed by atoms with E-state index < -0.39 is 17.4 Å². The first-order chi connectivity index (χ1) is 13.4. The van der Waals surface area contributed by atoms with Crippen LogP contribution in [0.2, 0.25) is 0 Å². The Hall–Kier alpha value is -2.83. The molecule has 0 saturated carbocycles. The van der Waals surface area contributed by atoms with Gasteiger partial charge in [0.1, 0.15) is 0 Å². The molecule has 148 valence electrons. The number of benzene rings is 1. The first-order valence-corrected chi connectivity index (χ1v) is 9.74. The third-order valence-electron chi connectivity index (χ3n) is 6.63. The number of amides is 2. The predicted octanol–water partition coefficient (Wildman–Crippen LogP) is 2.02. The number of carbonyl (C=O) groups is 3. The molecular weight excluding hydrogens is 358 g/mol. The smallest absolute Gasteiger partial charge is 0.309 e. The highest BCUT2D eigenvalue weighted by molar-refractivity contribution is 5.88. The van der Waals surface area contributed by atoms with Crippen molar-refractivity contribution in [2.75, 3.05) is 20.1 Å². The number of para-hydroxylation sites is 1. The average Bonchev–Trinajstić information content (AvgIpc) is 3.22. The summed E-state index contributed by atoms with van der Waals surface area (Å²) in [6.07, 6.45) is 4.14. The molecule has 4 rings (SSSR count). The van der Waals surface area contributed by atoms with E-state index in [9.17, 15) is 19.5 Å². The quantitative estimate of drug-likeness (QED) is 0.845. The summed E-state index contributed by atoms with van der Waals surface area (Å²) in [5.41, 5.74) is 1.54. The van der Waals surface area contributed by atoms with Gasteiger partial charge in [-0.3, -0.25) is 14.4 Å². The van der Waals surface area contributed by atoms with Crippen molar-refractivity contribution in [1.82, 2.24) is 14.8 Å². The standard InChI is InChI=1S/C21H25N3O4/c1-23-19(26)12-16(20(27)28)21(23)8-10-24(11-9-21)18(25)7-6-14-13-22-17-5-3-2-4-15(14)17/h2-5,13,16,22H,6-12H2,1H3,(H,27,28). The molecule has 2 N–H and O–H groups in total. The summed E-state index contributed by atoms with van der Waals surface area (Å²) in [5, 5.41) is 10.7. The molecule has 1 aromatic heterocycles. The molecule has 0 radical (unpaired) electrons. The normalized spacial score (nSPS) is 21.6. The zero-order chi connectivity index (χ0) is 19.9. The minimum atomic E-state index is -0.920. The van der Waals surface area contributed by atoms with E-state index >= 15 is 0 Å². The second kappa shape index (κ2) is 6.96. The second-order valence-electron chi connectivity index (χ2n) is 7.89. The Morgan fingerprint density at radius 2 is 1.96 bits per heavy atom. The maximum Gasteiger partial charge on any atom is 0.309 e. The van der Waals surface area contributed by atoms with Crippen LogP contribution in [0.15, 0.2) is 30.5 Å². The van der Waals surface area contributed by atoms with Crippen molar-refractivity contribution in [3.05, 3.63) is 36.0 Å². The summed E-state index contributed by atoms with van der Waals surface area (Å²) in [6.45, 7) is 0.988. The minimum absolute atomic E-state index is 0.0559. The van der Waals surface area contributed by atoms with Crippen LogP contribution < -0.4 is 0 Å². The van der Waals surface area contributed by atoms with E-state index in [4.69, 9.17) is 0 Å². The molecule has 2 aromatic rings. The fourth-order valence-electron chi connectivity index (χ4n) is 4.87. The molecule has 3 heterocycles. The van der Waals surface area contributed by atoms with Gasteiger partial charge in [-0.15, -0.1) is 0 Å². The van der Waals surface area contributed by atoms with Crippen molar-refractivity contribution in [2.45, 2.75) is 37.6 Å². The molecule has 7 nitrogen and oxygen atoms in total. The fourth-order valence-corrected chi connectivity index (χ4v) is 4.87. The molecule has 0 bridgehead atoms. The highest BCUT2D eigenvalue weighted by Gasteiger charge is 2.55. The number of hydrogen-bond acceptors (Lipinski definition) is 3. The van der Waals surface area contributed by atoms with Gasteiger partial charge in [-0.25, -0.2) is 0 Å². The summed E-state index contributed by atoms with van der Waals surface area (Å²) in [7, 11) is 1.69. The van der Waals surface area contributed by atoms with E-state index in [0.29, 0.717) is 38.8 Å². The van der Waals surface area contributed by atoms with Crippen molar-refractivity contribution in [2.24, 2.45) is 5.92 Å². The first-order valence-electron chi connectivity index (χ1n) is 9.74. The van der Waals surface area contributed by atoms with Crippen LogP contribution in [-0.4, -0.2) is 63.4 Å². The van der Waals surface area contributed by atoms with Crippen LogP contribution in [0.3, 0.4) is 0 Å². The SMILES string of the molecule is CN1C(=O)CC(C(=O)O)C12CCN(C(=O)CCc1c[nH]c3ccccc13)CC2. The van der Waals surface area contributed by atoms with Crippen LogP contribution in [0, 0.1) is 5.92 Å². The minimum Gasteiger partial charge on any atom is -0.481 e.